The lowest BCUT2D eigenvalue weighted by Gasteiger charge is -2.32. The van der Waals surface area contributed by atoms with Gasteiger partial charge in [0.05, 0.1) is 77.8 Å². The summed E-state index contributed by atoms with van der Waals surface area (Å²) in [7, 11) is 7.56. The summed E-state index contributed by atoms with van der Waals surface area (Å²) in [5, 5.41) is 16.6. The Balaban J connectivity index is 0.000000194. The summed E-state index contributed by atoms with van der Waals surface area (Å²) in [6, 6.07) is 0. The summed E-state index contributed by atoms with van der Waals surface area (Å²) in [5.41, 5.74) is 11.0. The lowest BCUT2D eigenvalue weighted by molar-refractivity contribution is -0.148. The van der Waals surface area contributed by atoms with Crippen LogP contribution >= 0.6 is 12.1 Å². The van der Waals surface area contributed by atoms with Crippen molar-refractivity contribution < 1.29 is 27.8 Å². The number of hydrogen-bond donors (Lipinski definition) is 6. The maximum atomic E-state index is 11.7. The maximum absolute atomic E-state index is 11.7. The highest BCUT2D eigenvalue weighted by molar-refractivity contribution is 7.93. The Kier molecular flexibility index (Phi) is 22.9. The van der Waals surface area contributed by atoms with Crippen molar-refractivity contribution >= 4 is 58.6 Å². The summed E-state index contributed by atoms with van der Waals surface area (Å²) >= 11 is 0.250. The van der Waals surface area contributed by atoms with Gasteiger partial charge in [-0.05, 0) is 58.3 Å². The van der Waals surface area contributed by atoms with Gasteiger partial charge in [-0.25, -0.2) is 17.5 Å². The van der Waals surface area contributed by atoms with Gasteiger partial charge in [0.15, 0.2) is 0 Å². The normalized spacial score (nSPS) is 20.1. The monoisotopic (exact) mass is 973 g/mol. The Labute approximate surface area is 402 Å². The van der Waals surface area contributed by atoms with Gasteiger partial charge in [-0.15, -0.1) is 0 Å². The summed E-state index contributed by atoms with van der Waals surface area (Å²) in [4.78, 5) is 54.8. The summed E-state index contributed by atoms with van der Waals surface area (Å²) in [6.45, 7) is 9.10. The molecule has 0 bridgehead atoms. The van der Waals surface area contributed by atoms with Crippen LogP contribution in [-0.2, 0) is 52.1 Å². The lowest BCUT2D eigenvalue weighted by Crippen LogP contribution is -2.45. The van der Waals surface area contributed by atoms with Crippen molar-refractivity contribution in [3.05, 3.63) is 49.6 Å². The van der Waals surface area contributed by atoms with E-state index in [4.69, 9.17) is 22.3 Å². The van der Waals surface area contributed by atoms with Gasteiger partial charge in [0.2, 0.25) is 17.7 Å². The molecule has 8 rings (SSSR count). The predicted molar refractivity (Wildman–Crippen MR) is 261 cm³/mol. The van der Waals surface area contributed by atoms with Gasteiger partial charge in [0.1, 0.15) is 0 Å². The Morgan fingerprint density at radius 2 is 0.809 bits per heavy atom. The van der Waals surface area contributed by atoms with E-state index >= 15 is 0 Å². The smallest absolute Gasteiger partial charge is 0.310 e. The molecule has 378 valence electrons. The second kappa shape index (κ2) is 28.4. The maximum Gasteiger partial charge on any atom is 0.310 e. The number of halogens is 1. The fraction of sp³-hybridized carbons (Fsp3) is 0.628. The third-order valence-corrected chi connectivity index (χ3v) is 12.1. The minimum atomic E-state index is -0.0754. The fourth-order valence-electron chi connectivity index (χ4n) is 8.58. The van der Waals surface area contributed by atoms with E-state index in [1.54, 1.807) is 18.7 Å². The number of anilines is 4. The van der Waals surface area contributed by atoms with Gasteiger partial charge in [-0.2, -0.15) is 24.3 Å². The van der Waals surface area contributed by atoms with Crippen molar-refractivity contribution in [1.82, 2.24) is 55.4 Å². The van der Waals surface area contributed by atoms with E-state index in [1.165, 1.54) is 6.26 Å². The van der Waals surface area contributed by atoms with Crippen LogP contribution in [0.1, 0.15) is 58.3 Å². The molecule has 9 N–H and O–H groups in total. The average Bonchev–Trinajstić information content (AvgIpc) is 4.21. The van der Waals surface area contributed by atoms with Crippen LogP contribution in [0.5, 0.6) is 0 Å². The van der Waals surface area contributed by atoms with Crippen molar-refractivity contribution in [2.45, 2.75) is 58.3 Å². The minimum absolute atomic E-state index is 0.00362. The molecule has 25 heteroatoms. The fourth-order valence-corrected chi connectivity index (χ4v) is 8.58. The Morgan fingerprint density at radius 1 is 0.559 bits per heavy atom. The van der Waals surface area contributed by atoms with Gasteiger partial charge < -0.3 is 24.3 Å². The third kappa shape index (κ3) is 17.0. The zero-order valence-electron chi connectivity index (χ0n) is 40.4. The first-order valence-corrected chi connectivity index (χ1v) is 24.1. The molecular formula is C43H73FN18O5S. The number of nitrogens with one attached hydrogen (secondary N) is 3. The number of ether oxygens (including phenoxy) is 1. The van der Waals surface area contributed by atoms with Gasteiger partial charge in [-0.3, -0.25) is 54.2 Å². The van der Waals surface area contributed by atoms with E-state index in [-0.39, 0.29) is 59.5 Å². The molecule has 0 saturated carbocycles. The van der Waals surface area contributed by atoms with Crippen molar-refractivity contribution in [3.8, 4) is 0 Å². The first-order valence-electron chi connectivity index (χ1n) is 23.0. The second-order valence-electron chi connectivity index (χ2n) is 17.1. The standard InChI is InChI=1S/C12H19N3O2.3C10H17N5O.CH3FS/c1-3-17-12(16)10-5-4-6-15(8-10)11-7-13-14(2)9-11;3*1-14-7-9(5-12-14)15-4-2-3-8(6-15)10(16)13-11;1-3-2/h7,9-10H,3-6,8H2,1-2H3;3*5,7-8H,2-4,6,11H2,1H3,(H,13,16);1H3. The van der Waals surface area contributed by atoms with Crippen molar-refractivity contribution in [3.63, 3.8) is 0 Å². The number of carbonyl (C=O) groups excluding carboxylic acids is 4. The number of hydrogen-bond acceptors (Lipinski definition) is 17. The highest BCUT2D eigenvalue weighted by atomic mass is 32.2. The minimum Gasteiger partial charge on any atom is -0.466 e. The van der Waals surface area contributed by atoms with Gasteiger partial charge in [0, 0.05) is 124 Å². The van der Waals surface area contributed by atoms with E-state index in [9.17, 15) is 23.1 Å². The average molecular weight is 973 g/mol. The summed E-state index contributed by atoms with van der Waals surface area (Å²) in [6.07, 6.45) is 24.2. The highest BCUT2D eigenvalue weighted by Gasteiger charge is 2.29. The van der Waals surface area contributed by atoms with E-state index in [1.807, 2.05) is 84.7 Å². The molecule has 8 heterocycles. The number of rotatable bonds is 9. The number of piperidine rings is 4. The summed E-state index contributed by atoms with van der Waals surface area (Å²) in [5.74, 6) is 15.1. The highest BCUT2D eigenvalue weighted by Crippen LogP contribution is 2.26. The molecule has 0 spiro atoms. The molecule has 3 amide bonds. The number of amides is 3. The predicted octanol–water partition coefficient (Wildman–Crippen LogP) is 1.31. The first-order chi connectivity index (χ1) is 32.7. The molecule has 4 aromatic rings. The van der Waals surface area contributed by atoms with Crippen molar-refractivity contribution in [2.24, 2.45) is 69.4 Å². The van der Waals surface area contributed by atoms with Gasteiger partial charge in [-0.1, -0.05) is 0 Å². The number of carbonyl (C=O) groups is 4. The molecule has 4 saturated heterocycles. The van der Waals surface area contributed by atoms with Crippen LogP contribution in [-0.4, -0.2) is 128 Å². The SMILES string of the molecule is CCOC(=O)C1CCCN(c2cnn(C)c2)C1.CSF.Cn1cc(N2CCCC(C(=O)NN)C2)cn1.Cn1cc(N2CCCC(C(=O)NN)C2)cn1.Cn1cc(N2CCCC(C(=O)NN)C2)cn1. The van der Waals surface area contributed by atoms with E-state index in [0.29, 0.717) is 26.2 Å². The van der Waals surface area contributed by atoms with Gasteiger partial charge >= 0.3 is 5.97 Å². The van der Waals surface area contributed by atoms with Gasteiger partial charge in [0.25, 0.3) is 0 Å². The molecule has 0 aromatic carbocycles. The number of nitrogens with two attached hydrogens (primary N) is 3. The quantitative estimate of drug-likeness (QED) is 0.0597. The topological polar surface area (TPSA) is 276 Å². The number of aromatic nitrogens is 8. The van der Waals surface area contributed by atoms with Crippen LogP contribution in [0.4, 0.5) is 26.6 Å². The molecule has 4 aliphatic rings. The molecule has 4 fully saturated rings. The molecule has 4 aliphatic heterocycles. The first kappa shape index (κ1) is 54.7. The van der Waals surface area contributed by atoms with E-state index in [0.717, 1.165) is 107 Å². The van der Waals surface area contributed by atoms with Crippen LogP contribution in [0.2, 0.25) is 0 Å². The Hall–Kier alpha value is -5.92. The zero-order chi connectivity index (χ0) is 49.6. The Morgan fingerprint density at radius 3 is 1.03 bits per heavy atom. The second-order valence-corrected chi connectivity index (χ2v) is 17.4. The molecule has 0 aliphatic carbocycles. The Bertz CT molecular complexity index is 1960. The molecule has 4 unspecified atom stereocenters. The molecule has 4 aromatic heterocycles. The number of aryl methyl sites for hydroxylation is 4. The van der Waals surface area contributed by atoms with Crippen LogP contribution < -0.4 is 53.4 Å². The molecular weight excluding hydrogens is 900 g/mol. The van der Waals surface area contributed by atoms with Crippen molar-refractivity contribution in [1.29, 1.82) is 0 Å². The van der Waals surface area contributed by atoms with Crippen LogP contribution in [0, 0.1) is 23.7 Å². The molecule has 0 radical (unpaired) electrons. The summed E-state index contributed by atoms with van der Waals surface area (Å²) < 4.78 is 22.4. The zero-order valence-corrected chi connectivity index (χ0v) is 41.2. The van der Waals surface area contributed by atoms with Crippen LogP contribution in [0.15, 0.2) is 49.6 Å². The molecule has 4 atom stereocenters. The van der Waals surface area contributed by atoms with Crippen LogP contribution in [0.3, 0.4) is 0 Å². The van der Waals surface area contributed by atoms with E-state index < -0.39 is 0 Å². The third-order valence-electron chi connectivity index (χ3n) is 12.1. The number of hydrazine groups is 3. The van der Waals surface area contributed by atoms with Crippen LogP contribution in [0.25, 0.3) is 0 Å². The number of esters is 1. The van der Waals surface area contributed by atoms with E-state index in [2.05, 4.69) is 56.3 Å². The largest absolute Gasteiger partial charge is 0.466 e. The molecule has 23 nitrogen and oxygen atoms in total. The number of nitrogens with zero attached hydrogens (tertiary/aromatic N) is 12. The lowest BCUT2D eigenvalue weighted by atomic mass is 9.97. The van der Waals surface area contributed by atoms with Crippen molar-refractivity contribution in [2.75, 3.05) is 84.8 Å². The molecule has 68 heavy (non-hydrogen) atoms.